The van der Waals surface area contributed by atoms with Crippen molar-refractivity contribution in [3.05, 3.63) is 125 Å². The van der Waals surface area contributed by atoms with Gasteiger partial charge in [-0.1, -0.05) is 81.4 Å². The molecule has 3 nitrogen and oxygen atoms in total. The lowest BCUT2D eigenvalue weighted by Crippen LogP contribution is -2.19. The number of phenols is 3. The third-order valence-corrected chi connectivity index (χ3v) is 6.75. The Hall–Kier alpha value is -3.72. The van der Waals surface area contributed by atoms with Crippen LogP contribution in [-0.2, 0) is 5.41 Å². The van der Waals surface area contributed by atoms with Crippen LogP contribution >= 0.6 is 0 Å². The molecule has 0 bridgehead atoms. The van der Waals surface area contributed by atoms with Crippen LogP contribution in [-0.4, -0.2) is 15.3 Å². The summed E-state index contributed by atoms with van der Waals surface area (Å²) >= 11 is 0. The lowest BCUT2D eigenvalue weighted by molar-refractivity contribution is 0.473. The van der Waals surface area contributed by atoms with Gasteiger partial charge in [-0.2, -0.15) is 0 Å². The summed E-state index contributed by atoms with van der Waals surface area (Å²) in [5.74, 6) is 1.02. The van der Waals surface area contributed by atoms with E-state index in [1.807, 2.05) is 36.4 Å². The van der Waals surface area contributed by atoms with Gasteiger partial charge >= 0.3 is 0 Å². The molecule has 0 saturated carbocycles. The minimum Gasteiger partial charge on any atom is -0.508 e. The van der Waals surface area contributed by atoms with Gasteiger partial charge in [0.2, 0.25) is 0 Å². The van der Waals surface area contributed by atoms with Gasteiger partial charge < -0.3 is 15.3 Å². The van der Waals surface area contributed by atoms with E-state index in [-0.39, 0.29) is 34.5 Å². The van der Waals surface area contributed by atoms with Crippen molar-refractivity contribution in [1.29, 1.82) is 0 Å². The van der Waals surface area contributed by atoms with E-state index in [0.717, 1.165) is 16.7 Å². The van der Waals surface area contributed by atoms with Gasteiger partial charge in [-0.05, 0) is 70.1 Å². The molecule has 0 spiro atoms. The van der Waals surface area contributed by atoms with Crippen LogP contribution in [0.25, 0.3) is 0 Å². The normalized spacial score (nSPS) is 13.4. The van der Waals surface area contributed by atoms with E-state index in [4.69, 9.17) is 0 Å². The predicted octanol–water partition coefficient (Wildman–Crippen LogP) is 7.06. The van der Waals surface area contributed by atoms with Crippen molar-refractivity contribution < 1.29 is 15.3 Å². The fraction of sp³-hybridized carbons (Fsp3) is 0.200. The number of benzene rings is 4. The summed E-state index contributed by atoms with van der Waals surface area (Å²) in [5, 5.41) is 29.2. The minimum absolute atomic E-state index is 0.0842. The first kappa shape index (κ1) is 22.5. The van der Waals surface area contributed by atoms with Gasteiger partial charge in [-0.15, -0.1) is 0 Å². The van der Waals surface area contributed by atoms with Gasteiger partial charge in [0.15, 0.2) is 0 Å². The number of rotatable bonds is 6. The Morgan fingerprint density at radius 2 is 0.788 bits per heavy atom. The van der Waals surface area contributed by atoms with Crippen molar-refractivity contribution in [2.24, 2.45) is 0 Å². The molecule has 33 heavy (non-hydrogen) atoms. The lowest BCUT2D eigenvalue weighted by atomic mass is 9.75. The highest BCUT2D eigenvalue weighted by molar-refractivity contribution is 5.45. The molecule has 0 aliphatic carbocycles. The minimum atomic E-state index is -0.206. The second kappa shape index (κ2) is 9.03. The van der Waals surface area contributed by atoms with E-state index >= 15 is 0 Å². The molecule has 0 amide bonds. The molecule has 0 radical (unpaired) electrons. The lowest BCUT2D eigenvalue weighted by Gasteiger charge is -2.29. The molecule has 0 aromatic heterocycles. The van der Waals surface area contributed by atoms with Crippen molar-refractivity contribution in [3.8, 4) is 17.2 Å². The van der Waals surface area contributed by atoms with Crippen LogP contribution in [0.5, 0.6) is 17.2 Å². The summed E-state index contributed by atoms with van der Waals surface area (Å²) in [6, 6.07) is 30.9. The highest BCUT2D eigenvalue weighted by Gasteiger charge is 2.26. The zero-order valence-corrected chi connectivity index (χ0v) is 19.2. The molecule has 2 atom stereocenters. The first-order valence-corrected chi connectivity index (χ1v) is 11.2. The zero-order valence-electron chi connectivity index (χ0n) is 19.2. The predicted molar refractivity (Wildman–Crippen MR) is 133 cm³/mol. The summed E-state index contributed by atoms with van der Waals surface area (Å²) in [5.41, 5.74) is 5.58. The van der Waals surface area contributed by atoms with E-state index < -0.39 is 0 Å². The van der Waals surface area contributed by atoms with Gasteiger partial charge in [-0.25, -0.2) is 0 Å². The molecule has 168 valence electrons. The molecule has 4 aromatic rings. The van der Waals surface area contributed by atoms with E-state index in [0.29, 0.717) is 0 Å². The highest BCUT2D eigenvalue weighted by atomic mass is 16.3. The number of phenolic OH excluding ortho intramolecular Hbond substituents is 3. The maximum atomic E-state index is 9.80. The van der Waals surface area contributed by atoms with Crippen molar-refractivity contribution in [3.63, 3.8) is 0 Å². The Morgan fingerprint density at radius 3 is 1.21 bits per heavy atom. The molecule has 4 aromatic carbocycles. The molecular weight excluding hydrogens is 408 g/mol. The fourth-order valence-electron chi connectivity index (χ4n) is 4.57. The molecule has 0 fully saturated rings. The Balaban J connectivity index is 1.72. The molecule has 0 heterocycles. The van der Waals surface area contributed by atoms with Gasteiger partial charge in [0.1, 0.15) is 17.2 Å². The summed E-state index contributed by atoms with van der Waals surface area (Å²) in [4.78, 5) is 0. The summed E-state index contributed by atoms with van der Waals surface area (Å²) < 4.78 is 0. The third-order valence-electron chi connectivity index (χ3n) is 6.75. The monoisotopic (exact) mass is 438 g/mol. The summed E-state index contributed by atoms with van der Waals surface area (Å²) in [7, 11) is 0. The van der Waals surface area contributed by atoms with E-state index in [9.17, 15) is 15.3 Å². The van der Waals surface area contributed by atoms with Gasteiger partial charge in [0.25, 0.3) is 0 Å². The standard InChI is InChI=1S/C30H30O3/c1-20(21-6-14-26(31)15-7-21)29(23-8-16-27(32)17-9-23)22-4-10-24(11-5-22)30(2,3)25-12-18-28(33)19-13-25/h4-20,29,31-33H,1-3H3. The summed E-state index contributed by atoms with van der Waals surface area (Å²) in [6.45, 7) is 6.56. The molecule has 2 unspecified atom stereocenters. The number of hydrogen-bond donors (Lipinski definition) is 3. The first-order valence-electron chi connectivity index (χ1n) is 11.2. The Bertz CT molecular complexity index is 1190. The molecule has 0 aliphatic rings. The average Bonchev–Trinajstić information content (AvgIpc) is 2.81. The molecule has 3 heteroatoms. The molecule has 3 N–H and O–H groups in total. The van der Waals surface area contributed by atoms with E-state index in [1.165, 1.54) is 11.1 Å². The van der Waals surface area contributed by atoms with Crippen LogP contribution in [0.3, 0.4) is 0 Å². The average molecular weight is 439 g/mol. The van der Waals surface area contributed by atoms with Crippen LogP contribution < -0.4 is 0 Å². The first-order chi connectivity index (χ1) is 15.8. The topological polar surface area (TPSA) is 60.7 Å². The molecule has 0 saturated heterocycles. The Kier molecular flexibility index (Phi) is 6.15. The largest absolute Gasteiger partial charge is 0.508 e. The Labute approximate surface area is 195 Å². The van der Waals surface area contributed by atoms with Crippen molar-refractivity contribution >= 4 is 0 Å². The van der Waals surface area contributed by atoms with Crippen LogP contribution in [0.15, 0.2) is 97.1 Å². The van der Waals surface area contributed by atoms with Gasteiger partial charge in [0, 0.05) is 11.3 Å². The van der Waals surface area contributed by atoms with Crippen molar-refractivity contribution in [1.82, 2.24) is 0 Å². The zero-order chi connectivity index (χ0) is 23.6. The number of aromatic hydroxyl groups is 3. The molecular formula is C30H30O3. The van der Waals surface area contributed by atoms with Gasteiger partial charge in [0.05, 0.1) is 0 Å². The highest BCUT2D eigenvalue weighted by Crippen LogP contribution is 2.40. The van der Waals surface area contributed by atoms with Crippen molar-refractivity contribution in [2.75, 3.05) is 0 Å². The van der Waals surface area contributed by atoms with Crippen LogP contribution in [0, 0.1) is 0 Å². The van der Waals surface area contributed by atoms with Crippen LogP contribution in [0.1, 0.15) is 60.4 Å². The number of hydrogen-bond acceptors (Lipinski definition) is 3. The quantitative estimate of drug-likeness (QED) is 0.302. The van der Waals surface area contributed by atoms with Gasteiger partial charge in [-0.3, -0.25) is 0 Å². The maximum absolute atomic E-state index is 9.80. The van der Waals surface area contributed by atoms with Crippen LogP contribution in [0.4, 0.5) is 0 Å². The van der Waals surface area contributed by atoms with Crippen molar-refractivity contribution in [2.45, 2.75) is 38.0 Å². The summed E-state index contributed by atoms with van der Waals surface area (Å²) in [6.07, 6.45) is 0. The molecule has 4 rings (SSSR count). The van der Waals surface area contributed by atoms with E-state index in [2.05, 4.69) is 45.0 Å². The third kappa shape index (κ3) is 4.73. The second-order valence-corrected chi connectivity index (χ2v) is 9.24. The Morgan fingerprint density at radius 1 is 0.485 bits per heavy atom. The fourth-order valence-corrected chi connectivity index (χ4v) is 4.57. The SMILES string of the molecule is CC(c1ccc(O)cc1)C(c1ccc(O)cc1)c1ccc(C(C)(C)c2ccc(O)cc2)cc1. The van der Waals surface area contributed by atoms with Crippen LogP contribution in [0.2, 0.25) is 0 Å². The molecule has 0 aliphatic heterocycles. The smallest absolute Gasteiger partial charge is 0.115 e. The second-order valence-electron chi connectivity index (χ2n) is 9.24. The van der Waals surface area contributed by atoms with E-state index in [1.54, 1.807) is 36.4 Å². The maximum Gasteiger partial charge on any atom is 0.115 e.